The van der Waals surface area contributed by atoms with Gasteiger partial charge in [-0.05, 0) is 31.2 Å². The molecule has 0 bridgehead atoms. The number of benzene rings is 1. The molecule has 8 heteroatoms. The Labute approximate surface area is 123 Å². The minimum atomic E-state index is -3.36. The summed E-state index contributed by atoms with van der Waals surface area (Å²) in [5, 5.41) is 0. The Bertz CT molecular complexity index is 610. The van der Waals surface area contributed by atoms with Crippen LogP contribution in [0.15, 0.2) is 24.3 Å². The molecule has 0 saturated carbocycles. The number of likely N-dealkylation sites (N-methyl/N-ethyl adjacent to an activating group) is 1. The molecule has 21 heavy (non-hydrogen) atoms. The van der Waals surface area contributed by atoms with Gasteiger partial charge >= 0.3 is 5.97 Å². The zero-order valence-electron chi connectivity index (χ0n) is 12.1. The standard InChI is InChI=1S/C13H18N2O5S/c1-4-15(9-12(16)20-2)13(17)10-5-7-11(8-6-10)14-21(3,18)19/h5-8,14H,4,9H2,1-3H3. The van der Waals surface area contributed by atoms with E-state index in [1.807, 2.05) is 0 Å². The van der Waals surface area contributed by atoms with Crippen LogP contribution in [0, 0.1) is 0 Å². The molecular weight excluding hydrogens is 296 g/mol. The molecule has 0 spiro atoms. The van der Waals surface area contributed by atoms with Gasteiger partial charge in [0.25, 0.3) is 5.91 Å². The lowest BCUT2D eigenvalue weighted by molar-refractivity contribution is -0.141. The predicted octanol–water partition coefficient (Wildman–Crippen LogP) is 0.693. The zero-order chi connectivity index (χ0) is 16.0. The Kier molecular flexibility index (Phi) is 5.71. The third-order valence-corrected chi connectivity index (χ3v) is 3.26. The van der Waals surface area contributed by atoms with Crippen molar-refractivity contribution in [3.05, 3.63) is 29.8 Å². The first-order valence-electron chi connectivity index (χ1n) is 6.20. The molecule has 0 fully saturated rings. The molecule has 0 radical (unpaired) electrons. The van der Waals surface area contributed by atoms with Crippen molar-refractivity contribution in [1.29, 1.82) is 0 Å². The van der Waals surface area contributed by atoms with Crippen LogP contribution in [0.5, 0.6) is 0 Å². The SMILES string of the molecule is CCN(CC(=O)OC)C(=O)c1ccc(NS(C)(=O)=O)cc1. The summed E-state index contributed by atoms with van der Waals surface area (Å²) in [6, 6.07) is 5.96. The molecular formula is C13H18N2O5S. The molecule has 0 aromatic heterocycles. The maximum absolute atomic E-state index is 12.2. The maximum Gasteiger partial charge on any atom is 0.325 e. The number of hydrogen-bond donors (Lipinski definition) is 1. The van der Waals surface area contributed by atoms with Crippen molar-refractivity contribution >= 4 is 27.6 Å². The number of carbonyl (C=O) groups is 2. The second-order valence-electron chi connectivity index (χ2n) is 4.35. The normalized spacial score (nSPS) is 10.8. The Hall–Kier alpha value is -2.09. The monoisotopic (exact) mass is 314 g/mol. The minimum Gasteiger partial charge on any atom is -0.468 e. The third-order valence-electron chi connectivity index (χ3n) is 2.65. The maximum atomic E-state index is 12.2. The summed E-state index contributed by atoms with van der Waals surface area (Å²) in [7, 11) is -2.10. The van der Waals surface area contributed by atoms with E-state index in [9.17, 15) is 18.0 Å². The summed E-state index contributed by atoms with van der Waals surface area (Å²) in [6.45, 7) is 1.98. The van der Waals surface area contributed by atoms with E-state index < -0.39 is 16.0 Å². The molecule has 1 amide bonds. The van der Waals surface area contributed by atoms with Gasteiger partial charge in [0.1, 0.15) is 6.54 Å². The van der Waals surface area contributed by atoms with E-state index in [-0.39, 0.29) is 12.5 Å². The first-order valence-corrected chi connectivity index (χ1v) is 8.10. The summed E-state index contributed by atoms with van der Waals surface area (Å²) in [6.07, 6.45) is 1.04. The van der Waals surface area contributed by atoms with Crippen LogP contribution in [0.4, 0.5) is 5.69 Å². The van der Waals surface area contributed by atoms with Gasteiger partial charge in [-0.15, -0.1) is 0 Å². The van der Waals surface area contributed by atoms with Gasteiger partial charge in [0.05, 0.1) is 13.4 Å². The Balaban J connectivity index is 2.84. The number of methoxy groups -OCH3 is 1. The molecule has 0 aliphatic carbocycles. The second kappa shape index (κ2) is 7.07. The third kappa shape index (κ3) is 5.42. The molecule has 1 aromatic rings. The number of hydrogen-bond acceptors (Lipinski definition) is 5. The number of anilines is 1. The lowest BCUT2D eigenvalue weighted by atomic mass is 10.2. The average Bonchev–Trinajstić information content (AvgIpc) is 2.42. The van der Waals surface area contributed by atoms with E-state index >= 15 is 0 Å². The van der Waals surface area contributed by atoms with Crippen LogP contribution >= 0.6 is 0 Å². The highest BCUT2D eigenvalue weighted by Crippen LogP contribution is 2.12. The number of amides is 1. The summed E-state index contributed by atoms with van der Waals surface area (Å²) in [4.78, 5) is 24.8. The second-order valence-corrected chi connectivity index (χ2v) is 6.10. The fourth-order valence-electron chi connectivity index (χ4n) is 1.63. The molecule has 0 unspecified atom stereocenters. The summed E-state index contributed by atoms with van der Waals surface area (Å²) in [5.41, 5.74) is 0.727. The molecule has 116 valence electrons. The first-order chi connectivity index (χ1) is 9.76. The van der Waals surface area contributed by atoms with Gasteiger partial charge in [-0.25, -0.2) is 8.42 Å². The number of ether oxygens (including phenoxy) is 1. The van der Waals surface area contributed by atoms with E-state index in [1.54, 1.807) is 6.92 Å². The van der Waals surface area contributed by atoms with E-state index in [1.165, 1.54) is 36.3 Å². The van der Waals surface area contributed by atoms with E-state index in [0.717, 1.165) is 6.26 Å². The molecule has 0 heterocycles. The van der Waals surface area contributed by atoms with Crippen molar-refractivity contribution in [1.82, 2.24) is 4.90 Å². The molecule has 7 nitrogen and oxygen atoms in total. The van der Waals surface area contributed by atoms with Crippen LogP contribution in [0.3, 0.4) is 0 Å². The van der Waals surface area contributed by atoms with Crippen LogP contribution in [-0.2, 0) is 19.6 Å². The molecule has 1 N–H and O–H groups in total. The van der Waals surface area contributed by atoms with Crippen molar-refractivity contribution in [2.24, 2.45) is 0 Å². The Morgan fingerprint density at radius 3 is 2.24 bits per heavy atom. The summed E-state index contributed by atoms with van der Waals surface area (Å²) < 4.78 is 29.0. The van der Waals surface area contributed by atoms with Crippen LogP contribution in [-0.4, -0.2) is 51.6 Å². The Morgan fingerprint density at radius 1 is 1.24 bits per heavy atom. The number of sulfonamides is 1. The highest BCUT2D eigenvalue weighted by molar-refractivity contribution is 7.92. The highest BCUT2D eigenvalue weighted by Gasteiger charge is 2.17. The van der Waals surface area contributed by atoms with Crippen molar-refractivity contribution in [3.8, 4) is 0 Å². The van der Waals surface area contributed by atoms with Gasteiger partial charge in [-0.1, -0.05) is 0 Å². The van der Waals surface area contributed by atoms with Crippen molar-refractivity contribution < 1.29 is 22.7 Å². The average molecular weight is 314 g/mol. The molecule has 1 aromatic carbocycles. The van der Waals surface area contributed by atoms with Crippen LogP contribution < -0.4 is 4.72 Å². The fraction of sp³-hybridized carbons (Fsp3) is 0.385. The van der Waals surface area contributed by atoms with Gasteiger partial charge in [-0.2, -0.15) is 0 Å². The number of nitrogens with one attached hydrogen (secondary N) is 1. The zero-order valence-corrected chi connectivity index (χ0v) is 12.9. The van der Waals surface area contributed by atoms with E-state index in [0.29, 0.717) is 17.8 Å². The lowest BCUT2D eigenvalue weighted by Crippen LogP contribution is -2.36. The quantitative estimate of drug-likeness (QED) is 0.780. The smallest absolute Gasteiger partial charge is 0.325 e. The van der Waals surface area contributed by atoms with Gasteiger partial charge in [0, 0.05) is 17.8 Å². The lowest BCUT2D eigenvalue weighted by Gasteiger charge is -2.19. The van der Waals surface area contributed by atoms with Crippen LogP contribution in [0.2, 0.25) is 0 Å². The van der Waals surface area contributed by atoms with Crippen LogP contribution in [0.1, 0.15) is 17.3 Å². The van der Waals surface area contributed by atoms with E-state index in [4.69, 9.17) is 0 Å². The fourth-order valence-corrected chi connectivity index (χ4v) is 2.19. The van der Waals surface area contributed by atoms with Gasteiger partial charge < -0.3 is 9.64 Å². The number of nitrogens with zero attached hydrogens (tertiary/aromatic N) is 1. The first kappa shape index (κ1) is 17.0. The summed E-state index contributed by atoms with van der Waals surface area (Å²) in [5.74, 6) is -0.825. The van der Waals surface area contributed by atoms with Crippen molar-refractivity contribution in [2.45, 2.75) is 6.92 Å². The van der Waals surface area contributed by atoms with Gasteiger partial charge in [-0.3, -0.25) is 14.3 Å². The van der Waals surface area contributed by atoms with Crippen molar-refractivity contribution in [2.75, 3.05) is 31.2 Å². The highest BCUT2D eigenvalue weighted by atomic mass is 32.2. The molecule has 1 rings (SSSR count). The Morgan fingerprint density at radius 2 is 1.81 bits per heavy atom. The minimum absolute atomic E-state index is 0.130. The molecule has 0 atom stereocenters. The van der Waals surface area contributed by atoms with Gasteiger partial charge in [0.15, 0.2) is 0 Å². The largest absolute Gasteiger partial charge is 0.468 e. The van der Waals surface area contributed by atoms with E-state index in [2.05, 4.69) is 9.46 Å². The molecule has 0 aliphatic rings. The number of carbonyl (C=O) groups excluding carboxylic acids is 2. The summed E-state index contributed by atoms with van der Waals surface area (Å²) >= 11 is 0. The van der Waals surface area contributed by atoms with Gasteiger partial charge in [0.2, 0.25) is 10.0 Å². The van der Waals surface area contributed by atoms with Crippen LogP contribution in [0.25, 0.3) is 0 Å². The predicted molar refractivity (Wildman–Crippen MR) is 78.5 cm³/mol. The number of esters is 1. The van der Waals surface area contributed by atoms with Crippen molar-refractivity contribution in [3.63, 3.8) is 0 Å². The topological polar surface area (TPSA) is 92.8 Å². The molecule has 0 aliphatic heterocycles. The molecule has 0 saturated heterocycles. The number of rotatable bonds is 6.